The van der Waals surface area contributed by atoms with Gasteiger partial charge in [-0.1, -0.05) is 341 Å². The van der Waals surface area contributed by atoms with Crippen molar-refractivity contribution in [2.75, 3.05) is 13.2 Å². The average molecular weight is 1060 g/mol. The van der Waals surface area contributed by atoms with Crippen LogP contribution in [-0.4, -0.2) is 37.2 Å². The molecule has 0 heterocycles. The first-order chi connectivity index (χ1) is 37.0. The summed E-state index contributed by atoms with van der Waals surface area (Å²) < 4.78 is 17.0. The van der Waals surface area contributed by atoms with Gasteiger partial charge in [-0.2, -0.15) is 0 Å². The Labute approximate surface area is 469 Å². The molecule has 0 amide bonds. The molecule has 0 spiro atoms. The molecule has 0 aliphatic heterocycles. The van der Waals surface area contributed by atoms with Crippen molar-refractivity contribution in [3.05, 3.63) is 12.2 Å². The number of ether oxygens (including phenoxy) is 3. The summed E-state index contributed by atoms with van der Waals surface area (Å²) in [7, 11) is 0. The first-order valence-electron chi connectivity index (χ1n) is 34.2. The van der Waals surface area contributed by atoms with Crippen molar-refractivity contribution in [3.8, 4) is 0 Å². The third-order valence-corrected chi connectivity index (χ3v) is 15.8. The smallest absolute Gasteiger partial charge is 0.306 e. The van der Waals surface area contributed by atoms with Crippen molar-refractivity contribution < 1.29 is 28.6 Å². The van der Waals surface area contributed by atoms with Crippen LogP contribution in [0, 0.1) is 0 Å². The Morgan fingerprint density at radius 3 is 0.667 bits per heavy atom. The van der Waals surface area contributed by atoms with Crippen LogP contribution in [0.2, 0.25) is 0 Å². The van der Waals surface area contributed by atoms with Gasteiger partial charge in [-0.3, -0.25) is 14.4 Å². The van der Waals surface area contributed by atoms with E-state index in [2.05, 4.69) is 32.9 Å². The van der Waals surface area contributed by atoms with Gasteiger partial charge in [-0.25, -0.2) is 0 Å². The van der Waals surface area contributed by atoms with Gasteiger partial charge in [-0.15, -0.1) is 0 Å². The van der Waals surface area contributed by atoms with Crippen LogP contribution in [-0.2, 0) is 28.6 Å². The van der Waals surface area contributed by atoms with Crippen molar-refractivity contribution in [1.82, 2.24) is 0 Å². The number of hydrogen-bond donors (Lipinski definition) is 0. The summed E-state index contributed by atoms with van der Waals surface area (Å²) >= 11 is 0. The van der Waals surface area contributed by atoms with Crippen LogP contribution in [0.25, 0.3) is 0 Å². The highest BCUT2D eigenvalue weighted by atomic mass is 16.6. The molecular weight excluding hydrogens is 925 g/mol. The monoisotopic (exact) mass is 1060 g/mol. The van der Waals surface area contributed by atoms with Crippen molar-refractivity contribution in [3.63, 3.8) is 0 Å². The van der Waals surface area contributed by atoms with Gasteiger partial charge in [0.25, 0.3) is 0 Å². The zero-order valence-corrected chi connectivity index (χ0v) is 51.1. The number of carbonyl (C=O) groups is 3. The molecule has 6 nitrogen and oxygen atoms in total. The first kappa shape index (κ1) is 73.2. The second kappa shape index (κ2) is 64.7. The summed E-state index contributed by atoms with van der Waals surface area (Å²) in [6.45, 7) is 6.73. The molecule has 6 heteroatoms. The molecule has 0 saturated carbocycles. The van der Waals surface area contributed by atoms with E-state index in [9.17, 15) is 14.4 Å². The zero-order chi connectivity index (χ0) is 54.3. The summed E-state index contributed by atoms with van der Waals surface area (Å²) in [5.74, 6) is -0.828. The van der Waals surface area contributed by atoms with E-state index < -0.39 is 6.10 Å². The van der Waals surface area contributed by atoms with Crippen molar-refractivity contribution >= 4 is 17.9 Å². The van der Waals surface area contributed by atoms with E-state index in [1.54, 1.807) is 0 Å². The van der Waals surface area contributed by atoms with Crippen molar-refractivity contribution in [1.29, 1.82) is 0 Å². The number of hydrogen-bond acceptors (Lipinski definition) is 6. The maximum atomic E-state index is 12.9. The molecular formula is C69H132O6. The van der Waals surface area contributed by atoms with Crippen LogP contribution in [0.5, 0.6) is 0 Å². The molecule has 0 unspecified atom stereocenters. The minimum atomic E-state index is -0.766. The third-order valence-electron chi connectivity index (χ3n) is 15.8. The molecule has 0 aromatic carbocycles. The molecule has 0 N–H and O–H groups in total. The molecule has 0 aliphatic rings. The fourth-order valence-electron chi connectivity index (χ4n) is 10.6. The third kappa shape index (κ3) is 62.9. The lowest BCUT2D eigenvalue weighted by Gasteiger charge is -2.18. The number of allylic oxidation sites excluding steroid dienone is 2. The lowest BCUT2D eigenvalue weighted by atomic mass is 10.0. The molecule has 0 saturated heterocycles. The summed E-state index contributed by atoms with van der Waals surface area (Å²) in [6.07, 6.45) is 76.5. The first-order valence-corrected chi connectivity index (χ1v) is 34.2. The Morgan fingerprint density at radius 1 is 0.253 bits per heavy atom. The molecule has 1 atom stereocenters. The predicted molar refractivity (Wildman–Crippen MR) is 326 cm³/mol. The summed E-state index contributed by atoms with van der Waals surface area (Å²) in [4.78, 5) is 38.4. The zero-order valence-electron chi connectivity index (χ0n) is 51.1. The van der Waals surface area contributed by atoms with Crippen molar-refractivity contribution in [2.45, 2.75) is 399 Å². The Hall–Kier alpha value is -1.85. The molecule has 0 aliphatic carbocycles. The summed E-state index contributed by atoms with van der Waals surface area (Å²) in [5.41, 5.74) is 0. The second-order valence-electron chi connectivity index (χ2n) is 23.5. The molecule has 0 bridgehead atoms. The Kier molecular flexibility index (Phi) is 63.1. The SMILES string of the molecule is CCCCCCCC/C=C\CCCCCCCCCCCCCC(=O)OC[C@H](COC(=O)CCCCCCCCCCCCCCCCC)OC(=O)CCCCCCCCCCCCCCCCCCCCCCC. The van der Waals surface area contributed by atoms with Gasteiger partial charge >= 0.3 is 17.9 Å². The molecule has 444 valence electrons. The van der Waals surface area contributed by atoms with Crippen LogP contribution in [0.4, 0.5) is 0 Å². The highest BCUT2D eigenvalue weighted by molar-refractivity contribution is 5.71. The lowest BCUT2D eigenvalue weighted by Crippen LogP contribution is -2.30. The fraction of sp³-hybridized carbons (Fsp3) is 0.928. The number of rotatable bonds is 64. The van der Waals surface area contributed by atoms with Crippen LogP contribution in [0.15, 0.2) is 12.2 Å². The van der Waals surface area contributed by atoms with Gasteiger partial charge in [0, 0.05) is 19.3 Å². The highest BCUT2D eigenvalue weighted by Gasteiger charge is 2.19. The summed E-state index contributed by atoms with van der Waals surface area (Å²) in [5, 5.41) is 0. The molecule has 75 heavy (non-hydrogen) atoms. The van der Waals surface area contributed by atoms with E-state index >= 15 is 0 Å². The molecule has 0 aromatic heterocycles. The predicted octanol–water partition coefficient (Wildman–Crippen LogP) is 23.2. The van der Waals surface area contributed by atoms with Crippen LogP contribution in [0.3, 0.4) is 0 Å². The second-order valence-corrected chi connectivity index (χ2v) is 23.5. The van der Waals surface area contributed by atoms with E-state index in [0.29, 0.717) is 19.3 Å². The van der Waals surface area contributed by atoms with E-state index in [0.717, 1.165) is 57.8 Å². The summed E-state index contributed by atoms with van der Waals surface area (Å²) in [6, 6.07) is 0. The quantitative estimate of drug-likeness (QED) is 0.0261. The van der Waals surface area contributed by atoms with Gasteiger partial charge < -0.3 is 14.2 Å². The molecule has 0 fully saturated rings. The standard InChI is InChI=1S/C69H132O6/c1-4-7-10-13-16-19-22-25-28-30-32-34-36-38-41-44-47-50-53-56-59-62-68(71)74-65-66(64-73-67(70)61-58-55-52-49-46-43-40-27-24-21-18-15-12-9-6-3)75-69(72)63-60-57-54-51-48-45-42-39-37-35-33-31-29-26-23-20-17-14-11-8-5-2/h25,28,66H,4-24,26-27,29-65H2,1-3H3/b28-25-/t66-/m0/s1. The van der Waals surface area contributed by atoms with Crippen LogP contribution < -0.4 is 0 Å². The molecule has 0 radical (unpaired) electrons. The van der Waals surface area contributed by atoms with E-state index in [-0.39, 0.29) is 31.1 Å². The highest BCUT2D eigenvalue weighted by Crippen LogP contribution is 2.19. The van der Waals surface area contributed by atoms with Crippen LogP contribution in [0.1, 0.15) is 393 Å². The van der Waals surface area contributed by atoms with Crippen molar-refractivity contribution in [2.24, 2.45) is 0 Å². The maximum absolute atomic E-state index is 12.9. The minimum Gasteiger partial charge on any atom is -0.462 e. The molecule has 0 aromatic rings. The number of unbranched alkanes of at least 4 members (excludes halogenated alkanes) is 51. The minimum absolute atomic E-state index is 0.0629. The average Bonchev–Trinajstić information content (AvgIpc) is 3.41. The normalized spacial score (nSPS) is 12.0. The largest absolute Gasteiger partial charge is 0.462 e. The number of carbonyl (C=O) groups excluding carboxylic acids is 3. The van der Waals surface area contributed by atoms with E-state index in [1.807, 2.05) is 0 Å². The van der Waals surface area contributed by atoms with Crippen LogP contribution >= 0.6 is 0 Å². The van der Waals surface area contributed by atoms with Gasteiger partial charge in [-0.05, 0) is 44.9 Å². The van der Waals surface area contributed by atoms with Gasteiger partial charge in [0.05, 0.1) is 0 Å². The lowest BCUT2D eigenvalue weighted by molar-refractivity contribution is -0.167. The Morgan fingerprint density at radius 2 is 0.440 bits per heavy atom. The molecule has 0 rings (SSSR count). The van der Waals surface area contributed by atoms with E-state index in [4.69, 9.17) is 14.2 Å². The van der Waals surface area contributed by atoms with Gasteiger partial charge in [0.2, 0.25) is 0 Å². The Bertz CT molecular complexity index is 1170. The van der Waals surface area contributed by atoms with E-state index in [1.165, 1.54) is 295 Å². The Balaban J connectivity index is 4.27. The van der Waals surface area contributed by atoms with Gasteiger partial charge in [0.1, 0.15) is 13.2 Å². The van der Waals surface area contributed by atoms with Gasteiger partial charge in [0.15, 0.2) is 6.10 Å². The number of esters is 3. The fourth-order valence-corrected chi connectivity index (χ4v) is 10.6. The maximum Gasteiger partial charge on any atom is 0.306 e. The topological polar surface area (TPSA) is 78.9 Å².